The molecule has 0 saturated heterocycles. The van der Waals surface area contributed by atoms with Gasteiger partial charge in [-0.1, -0.05) is 18.2 Å². The number of H-pyrrole nitrogens is 2. The lowest BCUT2D eigenvalue weighted by Crippen LogP contribution is -2.29. The van der Waals surface area contributed by atoms with Crippen molar-refractivity contribution in [2.45, 2.75) is 6.92 Å². The third-order valence-electron chi connectivity index (χ3n) is 2.68. The van der Waals surface area contributed by atoms with Gasteiger partial charge in [-0.3, -0.25) is 9.78 Å². The second kappa shape index (κ2) is 3.69. The monoisotopic (exact) mass is 242 g/mol. The van der Waals surface area contributed by atoms with E-state index >= 15 is 0 Å². The van der Waals surface area contributed by atoms with Crippen molar-refractivity contribution in [1.82, 2.24) is 19.5 Å². The normalized spacial score (nSPS) is 10.9. The summed E-state index contributed by atoms with van der Waals surface area (Å²) < 4.78 is 1.38. The molecule has 3 aromatic rings. The van der Waals surface area contributed by atoms with Gasteiger partial charge in [0.05, 0.1) is 5.69 Å². The number of nitrogens with one attached hydrogen (secondary N) is 2. The van der Waals surface area contributed by atoms with Crippen LogP contribution in [0.25, 0.3) is 16.9 Å². The Morgan fingerprint density at radius 1 is 1.11 bits per heavy atom. The minimum atomic E-state index is -0.495. The molecule has 6 nitrogen and oxygen atoms in total. The predicted octanol–water partition coefficient (Wildman–Crippen LogP) is 0.711. The van der Waals surface area contributed by atoms with E-state index in [9.17, 15) is 9.59 Å². The van der Waals surface area contributed by atoms with Crippen molar-refractivity contribution in [3.63, 3.8) is 0 Å². The summed E-state index contributed by atoms with van der Waals surface area (Å²) in [7, 11) is 0. The molecule has 0 fully saturated rings. The molecule has 2 N–H and O–H groups in total. The van der Waals surface area contributed by atoms with Crippen LogP contribution in [0.1, 0.15) is 5.82 Å². The minimum absolute atomic E-state index is 0.302. The van der Waals surface area contributed by atoms with Gasteiger partial charge in [0, 0.05) is 0 Å². The Labute approximate surface area is 101 Å². The highest BCUT2D eigenvalue weighted by atomic mass is 16.2. The number of hydrogen-bond acceptors (Lipinski definition) is 3. The zero-order valence-electron chi connectivity index (χ0n) is 9.60. The Balaban J connectivity index is 2.50. The van der Waals surface area contributed by atoms with Crippen molar-refractivity contribution in [2.75, 3.05) is 0 Å². The van der Waals surface area contributed by atoms with E-state index in [1.807, 2.05) is 18.2 Å². The molecule has 0 aliphatic carbocycles. The number of imidazole rings is 1. The van der Waals surface area contributed by atoms with Crippen LogP contribution < -0.4 is 11.2 Å². The molecule has 2 aromatic heterocycles. The van der Waals surface area contributed by atoms with Crippen molar-refractivity contribution in [2.24, 2.45) is 0 Å². The van der Waals surface area contributed by atoms with Crippen molar-refractivity contribution >= 4 is 11.2 Å². The van der Waals surface area contributed by atoms with E-state index in [0.717, 1.165) is 0 Å². The van der Waals surface area contributed by atoms with E-state index in [1.54, 1.807) is 19.1 Å². The molecule has 90 valence electrons. The molecule has 0 aliphatic heterocycles. The van der Waals surface area contributed by atoms with Gasteiger partial charge in [-0.2, -0.15) is 0 Å². The molecule has 1 aromatic carbocycles. The Morgan fingerprint density at radius 2 is 1.83 bits per heavy atom. The molecule has 2 heterocycles. The Bertz CT molecular complexity index is 827. The molecule has 0 unspecified atom stereocenters. The van der Waals surface area contributed by atoms with Crippen molar-refractivity contribution < 1.29 is 0 Å². The first-order chi connectivity index (χ1) is 8.66. The van der Waals surface area contributed by atoms with Crippen LogP contribution in [0, 0.1) is 6.92 Å². The first-order valence-corrected chi connectivity index (χ1v) is 5.44. The van der Waals surface area contributed by atoms with Crippen molar-refractivity contribution in [3.05, 3.63) is 57.0 Å². The molecule has 0 amide bonds. The lowest BCUT2D eigenvalue weighted by Gasteiger charge is -2.04. The maximum atomic E-state index is 11.9. The van der Waals surface area contributed by atoms with Crippen LogP contribution in [0.15, 0.2) is 39.9 Å². The average molecular weight is 242 g/mol. The van der Waals surface area contributed by atoms with E-state index in [0.29, 0.717) is 22.7 Å². The number of fused-ring (bicyclic) bond motifs is 1. The van der Waals surface area contributed by atoms with Gasteiger partial charge < -0.3 is 4.98 Å². The number of aryl methyl sites for hydroxylation is 1. The Morgan fingerprint density at radius 3 is 2.56 bits per heavy atom. The van der Waals surface area contributed by atoms with Crippen LogP contribution in [0.4, 0.5) is 0 Å². The Kier molecular flexibility index (Phi) is 2.16. The second-order valence-corrected chi connectivity index (χ2v) is 3.95. The number of benzene rings is 1. The van der Waals surface area contributed by atoms with E-state index in [2.05, 4.69) is 15.0 Å². The summed E-state index contributed by atoms with van der Waals surface area (Å²) in [5, 5.41) is 0. The maximum absolute atomic E-state index is 11.9. The summed E-state index contributed by atoms with van der Waals surface area (Å²) in [6.07, 6.45) is 0. The van der Waals surface area contributed by atoms with Gasteiger partial charge >= 0.3 is 5.69 Å². The SMILES string of the molecule is Cc1nc2c([nH]1)c(=O)[nH]c(=O)n2-c1ccccc1. The fourth-order valence-electron chi connectivity index (χ4n) is 1.93. The fourth-order valence-corrected chi connectivity index (χ4v) is 1.93. The zero-order valence-corrected chi connectivity index (χ0v) is 9.60. The minimum Gasteiger partial charge on any atom is -0.336 e. The smallest absolute Gasteiger partial charge is 0.334 e. The zero-order chi connectivity index (χ0) is 12.7. The molecule has 18 heavy (non-hydrogen) atoms. The first-order valence-electron chi connectivity index (χ1n) is 5.44. The molecule has 6 heteroatoms. The molecule has 0 radical (unpaired) electrons. The van der Waals surface area contributed by atoms with E-state index < -0.39 is 11.2 Å². The summed E-state index contributed by atoms with van der Waals surface area (Å²) >= 11 is 0. The van der Waals surface area contributed by atoms with Crippen LogP contribution in [0.5, 0.6) is 0 Å². The Hall–Kier alpha value is -2.63. The first kappa shape index (κ1) is 10.5. The molecule has 0 atom stereocenters. The van der Waals surface area contributed by atoms with Crippen LogP contribution in [-0.2, 0) is 0 Å². The molecule has 0 saturated carbocycles. The topological polar surface area (TPSA) is 83.5 Å². The highest BCUT2D eigenvalue weighted by molar-refractivity contribution is 5.71. The predicted molar refractivity (Wildman–Crippen MR) is 67.0 cm³/mol. The highest BCUT2D eigenvalue weighted by Gasteiger charge is 2.12. The van der Waals surface area contributed by atoms with Gasteiger partial charge in [0.25, 0.3) is 5.56 Å². The number of aromatic amines is 2. The molecule has 0 aliphatic rings. The number of hydrogen-bond donors (Lipinski definition) is 2. The summed E-state index contributed by atoms with van der Waals surface area (Å²) in [5.41, 5.74) is 0.353. The number of rotatable bonds is 1. The van der Waals surface area contributed by atoms with Crippen molar-refractivity contribution in [1.29, 1.82) is 0 Å². The summed E-state index contributed by atoms with van der Waals surface area (Å²) in [4.78, 5) is 32.9. The van der Waals surface area contributed by atoms with Gasteiger partial charge in [-0.25, -0.2) is 14.3 Å². The summed E-state index contributed by atoms with van der Waals surface area (Å²) in [5.74, 6) is 0.589. The van der Waals surface area contributed by atoms with Gasteiger partial charge in [-0.15, -0.1) is 0 Å². The number of para-hydroxylation sites is 1. The standard InChI is InChI=1S/C12H10N4O2/c1-7-13-9-10(14-7)16(12(18)15-11(9)17)8-5-3-2-4-6-8/h2-6H,1H3,(H,13,14)(H,15,17,18). The second-order valence-electron chi connectivity index (χ2n) is 3.95. The number of aromatic nitrogens is 4. The van der Waals surface area contributed by atoms with Crippen LogP contribution in [0.3, 0.4) is 0 Å². The largest absolute Gasteiger partial charge is 0.336 e. The fraction of sp³-hybridized carbons (Fsp3) is 0.0833. The van der Waals surface area contributed by atoms with E-state index in [4.69, 9.17) is 0 Å². The van der Waals surface area contributed by atoms with Gasteiger partial charge in [-0.05, 0) is 19.1 Å². The third kappa shape index (κ3) is 1.46. The molecule has 0 spiro atoms. The van der Waals surface area contributed by atoms with E-state index in [-0.39, 0.29) is 0 Å². The van der Waals surface area contributed by atoms with Gasteiger partial charge in [0.1, 0.15) is 11.3 Å². The quantitative estimate of drug-likeness (QED) is 0.659. The molecule has 0 bridgehead atoms. The van der Waals surface area contributed by atoms with Gasteiger partial charge in [0.2, 0.25) is 0 Å². The average Bonchev–Trinajstić information content (AvgIpc) is 2.72. The highest BCUT2D eigenvalue weighted by Crippen LogP contribution is 2.10. The van der Waals surface area contributed by atoms with Crippen LogP contribution in [-0.4, -0.2) is 19.5 Å². The van der Waals surface area contributed by atoms with Crippen LogP contribution >= 0.6 is 0 Å². The molecular weight excluding hydrogens is 232 g/mol. The lowest BCUT2D eigenvalue weighted by molar-refractivity contribution is 0.929. The summed E-state index contributed by atoms with van der Waals surface area (Å²) in [6, 6.07) is 9.05. The van der Waals surface area contributed by atoms with E-state index in [1.165, 1.54) is 4.57 Å². The van der Waals surface area contributed by atoms with Gasteiger partial charge in [0.15, 0.2) is 5.65 Å². The van der Waals surface area contributed by atoms with Crippen molar-refractivity contribution in [3.8, 4) is 5.69 Å². The third-order valence-corrected chi connectivity index (χ3v) is 2.68. The number of nitrogens with zero attached hydrogens (tertiary/aromatic N) is 2. The lowest BCUT2D eigenvalue weighted by atomic mass is 10.3. The summed E-state index contributed by atoms with van der Waals surface area (Å²) in [6.45, 7) is 1.74. The maximum Gasteiger partial charge on any atom is 0.334 e. The van der Waals surface area contributed by atoms with Crippen LogP contribution in [0.2, 0.25) is 0 Å². The molecular formula is C12H10N4O2. The molecule has 3 rings (SSSR count).